The SMILES string of the molecule is O=C(Nc1ccc(F)cc1Cl)Nc1cccc2ccc(O)cc12. The third-order valence-electron chi connectivity index (χ3n) is 3.29. The Morgan fingerprint density at radius 3 is 2.57 bits per heavy atom. The highest BCUT2D eigenvalue weighted by Gasteiger charge is 2.09. The molecule has 3 aromatic rings. The van der Waals surface area contributed by atoms with Crippen LogP contribution in [-0.4, -0.2) is 11.1 Å². The van der Waals surface area contributed by atoms with Crippen LogP contribution in [0.1, 0.15) is 0 Å². The number of rotatable bonds is 2. The molecule has 0 heterocycles. The van der Waals surface area contributed by atoms with E-state index in [0.717, 1.165) is 11.5 Å². The molecule has 0 atom stereocenters. The Bertz CT molecular complexity index is 899. The van der Waals surface area contributed by atoms with Crippen molar-refractivity contribution in [2.45, 2.75) is 0 Å². The van der Waals surface area contributed by atoms with E-state index in [1.54, 1.807) is 30.3 Å². The topological polar surface area (TPSA) is 61.4 Å². The van der Waals surface area contributed by atoms with Crippen molar-refractivity contribution in [2.24, 2.45) is 0 Å². The monoisotopic (exact) mass is 330 g/mol. The van der Waals surface area contributed by atoms with Gasteiger partial charge in [-0.05, 0) is 41.8 Å². The first-order valence-corrected chi connectivity index (χ1v) is 7.15. The minimum Gasteiger partial charge on any atom is -0.508 e. The van der Waals surface area contributed by atoms with E-state index in [4.69, 9.17) is 11.6 Å². The van der Waals surface area contributed by atoms with Gasteiger partial charge in [0.1, 0.15) is 11.6 Å². The zero-order valence-electron chi connectivity index (χ0n) is 11.8. The molecule has 3 aromatic carbocycles. The van der Waals surface area contributed by atoms with Gasteiger partial charge in [-0.25, -0.2) is 9.18 Å². The van der Waals surface area contributed by atoms with Gasteiger partial charge >= 0.3 is 6.03 Å². The molecule has 0 spiro atoms. The molecule has 6 heteroatoms. The number of anilines is 2. The molecule has 0 aliphatic heterocycles. The van der Waals surface area contributed by atoms with Gasteiger partial charge in [-0.3, -0.25) is 0 Å². The van der Waals surface area contributed by atoms with Crippen LogP contribution >= 0.6 is 11.6 Å². The number of phenolic OH excluding ortho intramolecular Hbond substituents is 1. The van der Waals surface area contributed by atoms with Gasteiger partial charge in [0, 0.05) is 5.39 Å². The predicted octanol–water partition coefficient (Wildman–Crippen LogP) is 4.98. The second kappa shape index (κ2) is 6.14. The summed E-state index contributed by atoms with van der Waals surface area (Å²) >= 11 is 5.88. The summed E-state index contributed by atoms with van der Waals surface area (Å²) in [5.41, 5.74) is 0.836. The molecule has 0 fully saturated rings. The standard InChI is InChI=1S/C17H12ClFN2O2/c18-14-8-11(19)5-7-16(14)21-17(23)20-15-3-1-2-10-4-6-12(22)9-13(10)15/h1-9,22H,(H2,20,21,23). The summed E-state index contributed by atoms with van der Waals surface area (Å²) in [6.07, 6.45) is 0. The number of phenols is 1. The van der Waals surface area contributed by atoms with Gasteiger partial charge in [-0.2, -0.15) is 0 Å². The zero-order chi connectivity index (χ0) is 16.4. The summed E-state index contributed by atoms with van der Waals surface area (Å²) in [5, 5.41) is 16.5. The van der Waals surface area contributed by atoms with Crippen molar-refractivity contribution in [3.63, 3.8) is 0 Å². The average Bonchev–Trinajstić information content (AvgIpc) is 2.51. The van der Waals surface area contributed by atoms with E-state index >= 15 is 0 Å². The highest BCUT2D eigenvalue weighted by Crippen LogP contribution is 2.27. The molecule has 0 aliphatic rings. The van der Waals surface area contributed by atoms with E-state index < -0.39 is 11.8 Å². The van der Waals surface area contributed by atoms with Crippen LogP contribution in [0.5, 0.6) is 5.75 Å². The van der Waals surface area contributed by atoms with Crippen molar-refractivity contribution in [2.75, 3.05) is 10.6 Å². The number of benzene rings is 3. The second-order valence-electron chi connectivity index (χ2n) is 4.91. The smallest absolute Gasteiger partial charge is 0.323 e. The Kier molecular flexibility index (Phi) is 4.04. The van der Waals surface area contributed by atoms with Crippen LogP contribution in [0, 0.1) is 5.82 Å². The molecule has 0 aliphatic carbocycles. The van der Waals surface area contributed by atoms with Gasteiger partial charge in [-0.1, -0.05) is 29.8 Å². The number of halogens is 2. The maximum Gasteiger partial charge on any atom is 0.323 e. The van der Waals surface area contributed by atoms with Gasteiger partial charge in [0.05, 0.1) is 16.4 Å². The Morgan fingerprint density at radius 1 is 1.00 bits per heavy atom. The fraction of sp³-hybridized carbons (Fsp3) is 0. The number of hydrogen-bond acceptors (Lipinski definition) is 2. The Hall–Kier alpha value is -2.79. The molecular weight excluding hydrogens is 319 g/mol. The number of hydrogen-bond donors (Lipinski definition) is 3. The first kappa shape index (κ1) is 15.1. The van der Waals surface area contributed by atoms with Crippen LogP contribution < -0.4 is 10.6 Å². The van der Waals surface area contributed by atoms with Crippen LogP contribution in [0.4, 0.5) is 20.6 Å². The number of carbonyl (C=O) groups is 1. The lowest BCUT2D eigenvalue weighted by Crippen LogP contribution is -2.19. The number of urea groups is 1. The van der Waals surface area contributed by atoms with Gasteiger partial charge in [-0.15, -0.1) is 0 Å². The van der Waals surface area contributed by atoms with E-state index in [0.29, 0.717) is 16.8 Å². The van der Waals surface area contributed by atoms with Gasteiger partial charge in [0.15, 0.2) is 0 Å². The number of fused-ring (bicyclic) bond motifs is 1. The lowest BCUT2D eigenvalue weighted by atomic mass is 10.1. The maximum absolute atomic E-state index is 13.0. The lowest BCUT2D eigenvalue weighted by molar-refractivity contribution is 0.262. The fourth-order valence-electron chi connectivity index (χ4n) is 2.24. The Balaban J connectivity index is 1.84. The number of carbonyl (C=O) groups excluding carboxylic acids is 1. The number of nitrogens with one attached hydrogen (secondary N) is 2. The minimum absolute atomic E-state index is 0.105. The molecular formula is C17H12ClFN2O2. The second-order valence-corrected chi connectivity index (χ2v) is 5.32. The summed E-state index contributed by atoms with van der Waals surface area (Å²) in [6.45, 7) is 0. The van der Waals surface area contributed by atoms with Crippen molar-refractivity contribution < 1.29 is 14.3 Å². The largest absolute Gasteiger partial charge is 0.508 e. The lowest BCUT2D eigenvalue weighted by Gasteiger charge is -2.11. The third-order valence-corrected chi connectivity index (χ3v) is 3.61. The zero-order valence-corrected chi connectivity index (χ0v) is 12.6. The van der Waals surface area contributed by atoms with Crippen molar-refractivity contribution >= 4 is 39.8 Å². The first-order chi connectivity index (χ1) is 11.0. The molecule has 0 unspecified atom stereocenters. The van der Waals surface area contributed by atoms with Gasteiger partial charge in [0.25, 0.3) is 0 Å². The molecule has 0 bridgehead atoms. The van der Waals surface area contributed by atoms with Crippen LogP contribution in [-0.2, 0) is 0 Å². The molecule has 4 nitrogen and oxygen atoms in total. The van der Waals surface area contributed by atoms with Crippen LogP contribution in [0.3, 0.4) is 0 Å². The van der Waals surface area contributed by atoms with Crippen molar-refractivity contribution in [3.05, 3.63) is 65.4 Å². The summed E-state index contributed by atoms with van der Waals surface area (Å²) < 4.78 is 13.0. The molecule has 3 rings (SSSR count). The number of aromatic hydroxyl groups is 1. The summed E-state index contributed by atoms with van der Waals surface area (Å²) in [5.74, 6) is -0.376. The Morgan fingerprint density at radius 2 is 1.78 bits per heavy atom. The molecule has 0 saturated carbocycles. The van der Waals surface area contributed by atoms with E-state index in [2.05, 4.69) is 10.6 Å². The highest BCUT2D eigenvalue weighted by molar-refractivity contribution is 6.33. The summed E-state index contributed by atoms with van der Waals surface area (Å²) in [7, 11) is 0. The van der Waals surface area contributed by atoms with E-state index in [-0.39, 0.29) is 10.8 Å². The van der Waals surface area contributed by atoms with Crippen molar-refractivity contribution in [1.29, 1.82) is 0 Å². The molecule has 0 aromatic heterocycles. The maximum atomic E-state index is 13.0. The van der Waals surface area contributed by atoms with Crippen LogP contribution in [0.25, 0.3) is 10.8 Å². The Labute approximate surface area is 136 Å². The molecule has 0 saturated heterocycles. The molecule has 2 amide bonds. The molecule has 0 radical (unpaired) electrons. The first-order valence-electron chi connectivity index (χ1n) is 6.78. The van der Waals surface area contributed by atoms with E-state index in [1.807, 2.05) is 6.07 Å². The fourth-order valence-corrected chi connectivity index (χ4v) is 2.45. The quantitative estimate of drug-likeness (QED) is 0.620. The third kappa shape index (κ3) is 3.35. The van der Waals surface area contributed by atoms with Crippen molar-refractivity contribution in [3.8, 4) is 5.75 Å². The van der Waals surface area contributed by atoms with Gasteiger partial charge in [0.2, 0.25) is 0 Å². The molecule has 23 heavy (non-hydrogen) atoms. The predicted molar refractivity (Wildman–Crippen MR) is 89.7 cm³/mol. The number of amides is 2. The summed E-state index contributed by atoms with van der Waals surface area (Å²) in [4.78, 5) is 12.1. The van der Waals surface area contributed by atoms with Crippen LogP contribution in [0.15, 0.2) is 54.6 Å². The van der Waals surface area contributed by atoms with E-state index in [9.17, 15) is 14.3 Å². The van der Waals surface area contributed by atoms with Gasteiger partial charge < -0.3 is 15.7 Å². The van der Waals surface area contributed by atoms with Crippen molar-refractivity contribution in [1.82, 2.24) is 0 Å². The van der Waals surface area contributed by atoms with Crippen LogP contribution in [0.2, 0.25) is 5.02 Å². The molecule has 116 valence electrons. The highest BCUT2D eigenvalue weighted by atomic mass is 35.5. The molecule has 3 N–H and O–H groups in total. The normalized spacial score (nSPS) is 10.5. The average molecular weight is 331 g/mol. The minimum atomic E-state index is -0.519. The summed E-state index contributed by atoms with van der Waals surface area (Å²) in [6, 6.07) is 13.5. The van der Waals surface area contributed by atoms with E-state index in [1.165, 1.54) is 12.1 Å².